The Balaban J connectivity index is 2.06. The van der Waals surface area contributed by atoms with Crippen molar-refractivity contribution in [3.05, 3.63) is 57.6 Å². The quantitative estimate of drug-likeness (QED) is 0.775. The van der Waals surface area contributed by atoms with E-state index < -0.39 is 23.7 Å². The largest absolute Gasteiger partial charge is 0.494 e. The van der Waals surface area contributed by atoms with E-state index in [0.717, 1.165) is 12.1 Å². The molecule has 1 atom stereocenters. The zero-order chi connectivity index (χ0) is 17.9. The number of amides is 2. The van der Waals surface area contributed by atoms with Gasteiger partial charge in [0.15, 0.2) is 17.4 Å². The van der Waals surface area contributed by atoms with E-state index in [9.17, 15) is 13.6 Å². The van der Waals surface area contributed by atoms with Crippen molar-refractivity contribution in [3.8, 4) is 5.75 Å². The van der Waals surface area contributed by atoms with Gasteiger partial charge in [-0.25, -0.2) is 13.6 Å². The summed E-state index contributed by atoms with van der Waals surface area (Å²) in [5.74, 6) is -1.62. The van der Waals surface area contributed by atoms with Crippen LogP contribution in [0.2, 0.25) is 10.0 Å². The zero-order valence-electron chi connectivity index (χ0n) is 12.8. The number of ether oxygens (including phenoxy) is 1. The summed E-state index contributed by atoms with van der Waals surface area (Å²) in [5.41, 5.74) is 0.788. The highest BCUT2D eigenvalue weighted by Crippen LogP contribution is 2.35. The number of rotatable bonds is 4. The van der Waals surface area contributed by atoms with Crippen LogP contribution in [0.15, 0.2) is 30.3 Å². The van der Waals surface area contributed by atoms with Crippen LogP contribution >= 0.6 is 23.2 Å². The number of urea groups is 1. The van der Waals surface area contributed by atoms with Crippen molar-refractivity contribution in [2.24, 2.45) is 0 Å². The average molecular weight is 375 g/mol. The molecule has 0 aliphatic heterocycles. The average Bonchev–Trinajstić information content (AvgIpc) is 2.49. The molecular weight excluding hydrogens is 361 g/mol. The van der Waals surface area contributed by atoms with Gasteiger partial charge in [-0.05, 0) is 36.8 Å². The molecule has 24 heavy (non-hydrogen) atoms. The predicted octanol–water partition coefficient (Wildman–Crippen LogP) is 5.16. The van der Waals surface area contributed by atoms with Crippen molar-refractivity contribution in [3.63, 3.8) is 0 Å². The van der Waals surface area contributed by atoms with Gasteiger partial charge in [-0.1, -0.05) is 29.3 Å². The first-order valence-electron chi connectivity index (χ1n) is 6.87. The normalized spacial score (nSPS) is 11.8. The predicted molar refractivity (Wildman–Crippen MR) is 89.9 cm³/mol. The van der Waals surface area contributed by atoms with E-state index in [1.54, 1.807) is 6.92 Å². The van der Waals surface area contributed by atoms with Gasteiger partial charge in [0.25, 0.3) is 0 Å². The van der Waals surface area contributed by atoms with Gasteiger partial charge in [-0.3, -0.25) is 0 Å². The monoisotopic (exact) mass is 374 g/mol. The van der Waals surface area contributed by atoms with E-state index in [-0.39, 0.29) is 10.0 Å². The molecule has 2 rings (SSSR count). The first kappa shape index (κ1) is 18.3. The minimum Gasteiger partial charge on any atom is -0.494 e. The van der Waals surface area contributed by atoms with Crippen molar-refractivity contribution in [2.45, 2.75) is 13.0 Å². The lowest BCUT2D eigenvalue weighted by Gasteiger charge is -2.16. The van der Waals surface area contributed by atoms with Crippen molar-refractivity contribution >= 4 is 34.9 Å². The molecule has 0 fully saturated rings. The van der Waals surface area contributed by atoms with Crippen LogP contribution in [-0.2, 0) is 0 Å². The lowest BCUT2D eigenvalue weighted by Crippen LogP contribution is -2.31. The molecule has 1 unspecified atom stereocenters. The molecule has 0 radical (unpaired) electrons. The molecule has 0 heterocycles. The number of hydrogen-bond donors (Lipinski definition) is 2. The Labute approximate surface area is 147 Å². The third-order valence-corrected chi connectivity index (χ3v) is 3.81. The fraction of sp³-hybridized carbons (Fsp3) is 0.188. The summed E-state index contributed by atoms with van der Waals surface area (Å²) < 4.78 is 31.2. The summed E-state index contributed by atoms with van der Waals surface area (Å²) in [6.07, 6.45) is 0. The Morgan fingerprint density at radius 2 is 1.75 bits per heavy atom. The third kappa shape index (κ3) is 4.27. The van der Waals surface area contributed by atoms with Crippen molar-refractivity contribution < 1.29 is 18.3 Å². The maximum Gasteiger partial charge on any atom is 0.319 e. The molecule has 0 saturated carbocycles. The number of hydrogen-bond acceptors (Lipinski definition) is 2. The Kier molecular flexibility index (Phi) is 5.85. The Morgan fingerprint density at radius 1 is 1.12 bits per heavy atom. The summed E-state index contributed by atoms with van der Waals surface area (Å²) in [6.45, 7) is 1.64. The summed E-state index contributed by atoms with van der Waals surface area (Å²) in [6, 6.07) is 5.30. The molecule has 2 amide bonds. The molecular formula is C16H14Cl2F2N2O2. The molecule has 0 bridgehead atoms. The van der Waals surface area contributed by atoms with E-state index in [1.807, 2.05) is 0 Å². The van der Waals surface area contributed by atoms with Crippen LogP contribution in [0.4, 0.5) is 19.3 Å². The van der Waals surface area contributed by atoms with Crippen LogP contribution in [0.5, 0.6) is 5.75 Å². The van der Waals surface area contributed by atoms with Crippen LogP contribution in [0, 0.1) is 11.6 Å². The first-order valence-corrected chi connectivity index (χ1v) is 7.63. The first-order chi connectivity index (χ1) is 11.3. The maximum absolute atomic E-state index is 13.2. The molecule has 2 N–H and O–H groups in total. The highest BCUT2D eigenvalue weighted by atomic mass is 35.5. The fourth-order valence-corrected chi connectivity index (χ4v) is 2.70. The second-order valence-corrected chi connectivity index (χ2v) is 5.78. The topological polar surface area (TPSA) is 50.4 Å². The standard InChI is InChI=1S/C16H14Cl2F2N2O2/c1-8(9-3-4-13(19)14(20)5-9)21-16(23)22-10-6-11(17)15(24-2)12(18)7-10/h3-8H,1-2H3,(H2,21,22,23). The highest BCUT2D eigenvalue weighted by Gasteiger charge is 2.14. The molecule has 0 spiro atoms. The molecule has 4 nitrogen and oxygen atoms in total. The number of carbonyl (C=O) groups is 1. The lowest BCUT2D eigenvalue weighted by atomic mass is 10.1. The van der Waals surface area contributed by atoms with Gasteiger partial charge in [-0.15, -0.1) is 0 Å². The Hall–Kier alpha value is -2.05. The van der Waals surface area contributed by atoms with E-state index in [0.29, 0.717) is 17.0 Å². The number of nitrogens with one attached hydrogen (secondary N) is 2. The van der Waals surface area contributed by atoms with Gasteiger partial charge < -0.3 is 15.4 Å². The van der Waals surface area contributed by atoms with Crippen LogP contribution < -0.4 is 15.4 Å². The van der Waals surface area contributed by atoms with Crippen LogP contribution in [-0.4, -0.2) is 13.1 Å². The second kappa shape index (κ2) is 7.68. The zero-order valence-corrected chi connectivity index (χ0v) is 14.3. The van der Waals surface area contributed by atoms with Gasteiger partial charge >= 0.3 is 6.03 Å². The number of methoxy groups -OCH3 is 1. The Morgan fingerprint density at radius 3 is 2.29 bits per heavy atom. The van der Waals surface area contributed by atoms with Crippen molar-refractivity contribution in [2.75, 3.05) is 12.4 Å². The van der Waals surface area contributed by atoms with Crippen molar-refractivity contribution in [1.29, 1.82) is 0 Å². The molecule has 0 aromatic heterocycles. The molecule has 0 saturated heterocycles. The molecule has 0 aliphatic rings. The van der Waals surface area contributed by atoms with Gasteiger partial charge in [0.1, 0.15) is 0 Å². The molecule has 8 heteroatoms. The number of carbonyl (C=O) groups excluding carboxylic acids is 1. The van der Waals surface area contributed by atoms with Gasteiger partial charge in [0.05, 0.1) is 23.2 Å². The second-order valence-electron chi connectivity index (χ2n) is 4.97. The summed E-state index contributed by atoms with van der Waals surface area (Å²) in [4.78, 5) is 12.0. The van der Waals surface area contributed by atoms with Gasteiger partial charge in [0, 0.05) is 5.69 Å². The minimum absolute atomic E-state index is 0.244. The number of halogens is 4. The van der Waals surface area contributed by atoms with Gasteiger partial charge in [0.2, 0.25) is 0 Å². The molecule has 128 valence electrons. The SMILES string of the molecule is COc1c(Cl)cc(NC(=O)NC(C)c2ccc(F)c(F)c2)cc1Cl. The molecule has 0 aliphatic carbocycles. The maximum atomic E-state index is 13.2. The van der Waals surface area contributed by atoms with Crippen LogP contribution in [0.25, 0.3) is 0 Å². The summed E-state index contributed by atoms with van der Waals surface area (Å²) in [7, 11) is 1.43. The molecule has 2 aromatic rings. The minimum atomic E-state index is -0.977. The van der Waals surface area contributed by atoms with Gasteiger partial charge in [-0.2, -0.15) is 0 Å². The number of anilines is 1. The lowest BCUT2D eigenvalue weighted by molar-refractivity contribution is 0.249. The van der Waals surface area contributed by atoms with Crippen molar-refractivity contribution in [1.82, 2.24) is 5.32 Å². The fourth-order valence-electron chi connectivity index (χ4n) is 2.06. The van der Waals surface area contributed by atoms with E-state index in [1.165, 1.54) is 25.3 Å². The summed E-state index contributed by atoms with van der Waals surface area (Å²) >= 11 is 12.0. The summed E-state index contributed by atoms with van der Waals surface area (Å²) in [5, 5.41) is 5.65. The smallest absolute Gasteiger partial charge is 0.319 e. The number of benzene rings is 2. The Bertz CT molecular complexity index is 749. The highest BCUT2D eigenvalue weighted by molar-refractivity contribution is 6.37. The van der Waals surface area contributed by atoms with E-state index in [4.69, 9.17) is 27.9 Å². The van der Waals surface area contributed by atoms with E-state index >= 15 is 0 Å². The van der Waals surface area contributed by atoms with Crippen LogP contribution in [0.1, 0.15) is 18.5 Å². The van der Waals surface area contributed by atoms with Crippen LogP contribution in [0.3, 0.4) is 0 Å². The van der Waals surface area contributed by atoms with E-state index in [2.05, 4.69) is 10.6 Å². The molecule has 2 aromatic carbocycles. The third-order valence-electron chi connectivity index (χ3n) is 3.25.